The second-order valence-electron chi connectivity index (χ2n) is 4.42. The molecular weight excluding hydrogens is 200 g/mol. The number of hydrogen-bond donors (Lipinski definition) is 1. The second-order valence-corrected chi connectivity index (χ2v) is 4.42. The highest BCUT2D eigenvalue weighted by Gasteiger charge is 2.33. The molecule has 2 unspecified atom stereocenters. The predicted octanol–water partition coefficient (Wildman–Crippen LogP) is 1.44. The van der Waals surface area contributed by atoms with Crippen molar-refractivity contribution in [2.24, 2.45) is 5.73 Å². The van der Waals surface area contributed by atoms with Crippen molar-refractivity contribution in [1.29, 1.82) is 0 Å². The maximum atomic E-state index is 5.86. The lowest BCUT2D eigenvalue weighted by Crippen LogP contribution is -2.35. The monoisotopic (exact) mass is 220 g/mol. The molecule has 2 N–H and O–H groups in total. The highest BCUT2D eigenvalue weighted by atomic mass is 16.5. The molecule has 1 heterocycles. The molecule has 3 heteroatoms. The van der Waals surface area contributed by atoms with E-state index in [0.29, 0.717) is 18.5 Å². The SMILES string of the molecule is COc1ccccc1C1CCN(C)C1CN. The Hall–Kier alpha value is -1.06. The Labute approximate surface area is 97.2 Å². The summed E-state index contributed by atoms with van der Waals surface area (Å²) < 4.78 is 5.43. The van der Waals surface area contributed by atoms with Gasteiger partial charge < -0.3 is 15.4 Å². The second kappa shape index (κ2) is 4.85. The third kappa shape index (κ3) is 1.93. The van der Waals surface area contributed by atoms with E-state index in [1.54, 1.807) is 7.11 Å². The zero-order chi connectivity index (χ0) is 11.5. The molecule has 1 saturated heterocycles. The smallest absolute Gasteiger partial charge is 0.122 e. The lowest BCUT2D eigenvalue weighted by atomic mass is 9.91. The summed E-state index contributed by atoms with van der Waals surface area (Å²) in [7, 11) is 3.88. The average Bonchev–Trinajstić information content (AvgIpc) is 2.70. The van der Waals surface area contributed by atoms with E-state index >= 15 is 0 Å². The molecule has 0 spiro atoms. The number of likely N-dealkylation sites (tertiary alicyclic amines) is 1. The molecule has 1 aliphatic heterocycles. The summed E-state index contributed by atoms with van der Waals surface area (Å²) >= 11 is 0. The van der Waals surface area contributed by atoms with Crippen molar-refractivity contribution in [2.75, 3.05) is 27.2 Å². The molecule has 88 valence electrons. The van der Waals surface area contributed by atoms with Crippen molar-refractivity contribution >= 4 is 0 Å². The van der Waals surface area contributed by atoms with E-state index in [4.69, 9.17) is 10.5 Å². The lowest BCUT2D eigenvalue weighted by molar-refractivity contribution is 0.301. The quantitative estimate of drug-likeness (QED) is 0.837. The Morgan fingerprint density at radius 3 is 2.88 bits per heavy atom. The van der Waals surface area contributed by atoms with E-state index in [0.717, 1.165) is 12.3 Å². The largest absolute Gasteiger partial charge is 0.496 e. The maximum absolute atomic E-state index is 5.86. The van der Waals surface area contributed by atoms with E-state index in [-0.39, 0.29) is 0 Å². The van der Waals surface area contributed by atoms with Gasteiger partial charge in [0.05, 0.1) is 7.11 Å². The molecule has 1 aromatic rings. The molecule has 0 bridgehead atoms. The molecule has 0 aromatic heterocycles. The van der Waals surface area contributed by atoms with Crippen molar-refractivity contribution in [3.8, 4) is 5.75 Å². The lowest BCUT2D eigenvalue weighted by Gasteiger charge is -2.24. The molecule has 2 rings (SSSR count). The number of benzene rings is 1. The summed E-state index contributed by atoms with van der Waals surface area (Å²) in [4.78, 5) is 2.34. The van der Waals surface area contributed by atoms with E-state index in [9.17, 15) is 0 Å². The molecular formula is C13H20N2O. The molecule has 1 aliphatic rings. The first-order valence-electron chi connectivity index (χ1n) is 5.81. The van der Waals surface area contributed by atoms with Gasteiger partial charge in [0, 0.05) is 18.5 Å². The van der Waals surface area contributed by atoms with Crippen LogP contribution in [-0.4, -0.2) is 38.2 Å². The van der Waals surface area contributed by atoms with Crippen LogP contribution in [0.1, 0.15) is 17.9 Å². The van der Waals surface area contributed by atoms with Crippen LogP contribution in [0, 0.1) is 0 Å². The molecule has 0 radical (unpaired) electrons. The molecule has 0 amide bonds. The van der Waals surface area contributed by atoms with Gasteiger partial charge in [-0.2, -0.15) is 0 Å². The highest BCUT2D eigenvalue weighted by molar-refractivity contribution is 5.37. The number of rotatable bonds is 3. The molecule has 1 aromatic carbocycles. The standard InChI is InChI=1S/C13H20N2O/c1-15-8-7-10(12(15)9-14)11-5-3-4-6-13(11)16-2/h3-6,10,12H,7-9,14H2,1-2H3. The topological polar surface area (TPSA) is 38.5 Å². The van der Waals surface area contributed by atoms with Gasteiger partial charge in [0.25, 0.3) is 0 Å². The summed E-state index contributed by atoms with van der Waals surface area (Å²) in [6.07, 6.45) is 1.17. The van der Waals surface area contributed by atoms with Gasteiger partial charge in [-0.1, -0.05) is 18.2 Å². The van der Waals surface area contributed by atoms with Gasteiger partial charge in [-0.15, -0.1) is 0 Å². The molecule has 2 atom stereocenters. The van der Waals surface area contributed by atoms with Crippen molar-refractivity contribution in [3.63, 3.8) is 0 Å². The Bertz CT molecular complexity index is 354. The van der Waals surface area contributed by atoms with Gasteiger partial charge >= 0.3 is 0 Å². The molecule has 0 saturated carbocycles. The third-order valence-electron chi connectivity index (χ3n) is 3.60. The summed E-state index contributed by atoms with van der Waals surface area (Å²) in [5.74, 6) is 1.49. The van der Waals surface area contributed by atoms with Gasteiger partial charge in [-0.05, 0) is 31.6 Å². The van der Waals surface area contributed by atoms with Crippen LogP contribution in [0.4, 0.5) is 0 Å². The van der Waals surface area contributed by atoms with Crippen molar-refractivity contribution in [3.05, 3.63) is 29.8 Å². The number of para-hydroxylation sites is 1. The van der Waals surface area contributed by atoms with Crippen LogP contribution in [0.5, 0.6) is 5.75 Å². The van der Waals surface area contributed by atoms with Crippen LogP contribution in [0.25, 0.3) is 0 Å². The molecule has 1 fully saturated rings. The first-order valence-corrected chi connectivity index (χ1v) is 5.81. The van der Waals surface area contributed by atoms with Gasteiger partial charge in [0.15, 0.2) is 0 Å². The van der Waals surface area contributed by atoms with E-state index in [1.165, 1.54) is 12.0 Å². The average molecular weight is 220 g/mol. The number of nitrogens with zero attached hydrogens (tertiary/aromatic N) is 1. The Kier molecular flexibility index (Phi) is 3.46. The van der Waals surface area contributed by atoms with Gasteiger partial charge in [0.2, 0.25) is 0 Å². The minimum Gasteiger partial charge on any atom is -0.496 e. The van der Waals surface area contributed by atoms with Crippen LogP contribution in [0.15, 0.2) is 24.3 Å². The number of methoxy groups -OCH3 is 1. The number of ether oxygens (including phenoxy) is 1. The third-order valence-corrected chi connectivity index (χ3v) is 3.60. The number of nitrogens with two attached hydrogens (primary N) is 1. The first kappa shape index (κ1) is 11.4. The minimum absolute atomic E-state index is 0.441. The van der Waals surface area contributed by atoms with Crippen molar-refractivity contribution in [2.45, 2.75) is 18.4 Å². The summed E-state index contributed by atoms with van der Waals surface area (Å²) in [5, 5.41) is 0. The molecule has 3 nitrogen and oxygen atoms in total. The summed E-state index contributed by atoms with van der Waals surface area (Å²) in [6, 6.07) is 8.71. The van der Waals surface area contributed by atoms with E-state index in [1.807, 2.05) is 12.1 Å². The van der Waals surface area contributed by atoms with Crippen molar-refractivity contribution < 1.29 is 4.74 Å². The predicted molar refractivity (Wildman–Crippen MR) is 65.8 cm³/mol. The number of hydrogen-bond acceptors (Lipinski definition) is 3. The normalized spacial score (nSPS) is 25.9. The molecule has 16 heavy (non-hydrogen) atoms. The summed E-state index contributed by atoms with van der Waals surface area (Å²) in [6.45, 7) is 1.82. The Morgan fingerprint density at radius 2 is 2.19 bits per heavy atom. The minimum atomic E-state index is 0.441. The van der Waals surface area contributed by atoms with Crippen LogP contribution in [0.2, 0.25) is 0 Å². The zero-order valence-corrected chi connectivity index (χ0v) is 10.0. The van der Waals surface area contributed by atoms with Crippen LogP contribution in [0.3, 0.4) is 0 Å². The van der Waals surface area contributed by atoms with Gasteiger partial charge in [0.1, 0.15) is 5.75 Å². The first-order chi connectivity index (χ1) is 7.77. The fourth-order valence-corrected chi connectivity index (χ4v) is 2.69. The Morgan fingerprint density at radius 1 is 1.44 bits per heavy atom. The van der Waals surface area contributed by atoms with Crippen LogP contribution < -0.4 is 10.5 Å². The number of likely N-dealkylation sites (N-methyl/N-ethyl adjacent to an activating group) is 1. The van der Waals surface area contributed by atoms with Crippen LogP contribution in [-0.2, 0) is 0 Å². The van der Waals surface area contributed by atoms with Gasteiger partial charge in [-0.25, -0.2) is 0 Å². The van der Waals surface area contributed by atoms with Crippen LogP contribution >= 0.6 is 0 Å². The van der Waals surface area contributed by atoms with Crippen molar-refractivity contribution in [1.82, 2.24) is 4.90 Å². The molecule has 0 aliphatic carbocycles. The summed E-state index contributed by atoms with van der Waals surface area (Å²) in [5.41, 5.74) is 7.16. The highest BCUT2D eigenvalue weighted by Crippen LogP contribution is 2.36. The van der Waals surface area contributed by atoms with Gasteiger partial charge in [-0.3, -0.25) is 0 Å². The fraction of sp³-hybridized carbons (Fsp3) is 0.538. The zero-order valence-electron chi connectivity index (χ0n) is 10.0. The van der Waals surface area contributed by atoms with E-state index in [2.05, 4.69) is 24.1 Å². The maximum Gasteiger partial charge on any atom is 0.122 e. The fourth-order valence-electron chi connectivity index (χ4n) is 2.69. The Balaban J connectivity index is 2.29. The van der Waals surface area contributed by atoms with E-state index < -0.39 is 0 Å².